The third-order valence-corrected chi connectivity index (χ3v) is 1.16. The minimum Gasteiger partial charge on any atom is -0.279 e. The predicted octanol–water partition coefficient (Wildman–Crippen LogP) is -0.852. The zero-order chi connectivity index (χ0) is 9.14. The summed E-state index contributed by atoms with van der Waals surface area (Å²) in [6.45, 7) is 3.86. The van der Waals surface area contributed by atoms with E-state index >= 15 is 0 Å². The molecule has 0 amide bonds. The van der Waals surface area contributed by atoms with Gasteiger partial charge < -0.3 is 0 Å². The Labute approximate surface area is 67.2 Å². The minimum absolute atomic E-state index is 0.403. The van der Waals surface area contributed by atoms with Gasteiger partial charge in [0.1, 0.15) is 0 Å². The summed E-state index contributed by atoms with van der Waals surface area (Å²) in [5.74, 6) is 0. The molecule has 0 saturated heterocycles. The van der Waals surface area contributed by atoms with E-state index in [4.69, 9.17) is 0 Å². The molecule has 0 bridgehead atoms. The van der Waals surface area contributed by atoms with E-state index in [1.807, 2.05) is 0 Å². The first-order valence-corrected chi connectivity index (χ1v) is 3.21. The lowest BCUT2D eigenvalue weighted by Crippen LogP contribution is -2.29. The van der Waals surface area contributed by atoms with E-state index in [0.29, 0.717) is 11.6 Å². The first-order valence-electron chi connectivity index (χ1n) is 3.21. The molecule has 1 heterocycles. The number of aromatic nitrogens is 1. The Morgan fingerprint density at radius 2 is 2.00 bits per heavy atom. The second kappa shape index (κ2) is 3.12. The molecule has 0 fully saturated rings. The highest BCUT2D eigenvalue weighted by Crippen LogP contribution is 1.81. The standard InChI is InChI=1S/C6H8N2O4/c1-3-4-7(2)8-11-5(9)6(10)12-8/h3H,1,4H2,2H3. The first-order chi connectivity index (χ1) is 5.65. The second-order valence-corrected chi connectivity index (χ2v) is 2.12. The van der Waals surface area contributed by atoms with Crippen molar-refractivity contribution in [2.75, 3.05) is 18.6 Å². The maximum absolute atomic E-state index is 10.5. The lowest BCUT2D eigenvalue weighted by atomic mass is 10.6. The van der Waals surface area contributed by atoms with E-state index < -0.39 is 11.3 Å². The van der Waals surface area contributed by atoms with Gasteiger partial charge in [0.15, 0.2) is 0 Å². The highest BCUT2D eigenvalue weighted by molar-refractivity contribution is 4.82. The Bertz CT molecular complexity index is 344. The van der Waals surface area contributed by atoms with Crippen LogP contribution in [0.5, 0.6) is 0 Å². The van der Waals surface area contributed by atoms with Crippen LogP contribution < -0.4 is 16.3 Å². The SMILES string of the molecule is C=CCN(C)n1oc(=O)c(=O)o1. The topological polar surface area (TPSA) is 68.6 Å². The Hall–Kier alpha value is -1.72. The van der Waals surface area contributed by atoms with Gasteiger partial charge >= 0.3 is 11.3 Å². The zero-order valence-electron chi connectivity index (χ0n) is 6.52. The van der Waals surface area contributed by atoms with Crippen LogP contribution in [0.25, 0.3) is 0 Å². The first kappa shape index (κ1) is 8.38. The molecule has 1 aromatic rings. The van der Waals surface area contributed by atoms with Gasteiger partial charge in [-0.25, -0.2) is 9.59 Å². The van der Waals surface area contributed by atoms with Crippen LogP contribution in [0.3, 0.4) is 0 Å². The predicted molar refractivity (Wildman–Crippen MR) is 40.7 cm³/mol. The number of nitrogens with zero attached hydrogens (tertiary/aromatic N) is 2. The molecule has 0 N–H and O–H groups in total. The minimum atomic E-state index is -1.02. The number of likely N-dealkylation sites (N-methyl/N-ethyl adjacent to an activating group) is 1. The van der Waals surface area contributed by atoms with Crippen molar-refractivity contribution in [3.05, 3.63) is 33.5 Å². The van der Waals surface area contributed by atoms with Crippen LogP contribution in [-0.4, -0.2) is 18.6 Å². The largest absolute Gasteiger partial charge is 0.448 e. The van der Waals surface area contributed by atoms with E-state index in [9.17, 15) is 9.59 Å². The molecule has 0 radical (unpaired) electrons. The third kappa shape index (κ3) is 1.47. The molecule has 6 nitrogen and oxygen atoms in total. The van der Waals surface area contributed by atoms with E-state index in [0.717, 1.165) is 0 Å². The number of hydrogen-bond donors (Lipinski definition) is 0. The van der Waals surface area contributed by atoms with E-state index in [-0.39, 0.29) is 0 Å². The average molecular weight is 172 g/mol. The molecule has 0 saturated carbocycles. The van der Waals surface area contributed by atoms with Crippen LogP contribution in [-0.2, 0) is 0 Å². The molecule has 0 unspecified atom stereocenters. The van der Waals surface area contributed by atoms with Crippen LogP contribution in [0.15, 0.2) is 31.3 Å². The van der Waals surface area contributed by atoms with Crippen molar-refractivity contribution in [2.24, 2.45) is 0 Å². The van der Waals surface area contributed by atoms with Gasteiger partial charge in [-0.1, -0.05) is 6.08 Å². The highest BCUT2D eigenvalue weighted by Gasteiger charge is 2.06. The van der Waals surface area contributed by atoms with E-state index in [2.05, 4.69) is 15.6 Å². The van der Waals surface area contributed by atoms with Crippen LogP contribution in [0, 0.1) is 0 Å². The molecule has 0 aliphatic heterocycles. The molecule has 0 aromatic carbocycles. The van der Waals surface area contributed by atoms with Gasteiger partial charge in [0.25, 0.3) is 0 Å². The fraction of sp³-hybridized carbons (Fsp3) is 0.333. The molecule has 0 aliphatic carbocycles. The van der Waals surface area contributed by atoms with Gasteiger partial charge in [-0.15, -0.1) is 6.58 Å². The number of hydrogen-bond acceptors (Lipinski definition) is 5. The molecule has 66 valence electrons. The van der Waals surface area contributed by atoms with Crippen molar-refractivity contribution in [3.8, 4) is 0 Å². The molecule has 0 atom stereocenters. The van der Waals surface area contributed by atoms with Gasteiger partial charge in [0, 0.05) is 12.1 Å². The van der Waals surface area contributed by atoms with E-state index in [1.165, 1.54) is 5.01 Å². The molecule has 0 spiro atoms. The fourth-order valence-corrected chi connectivity index (χ4v) is 0.628. The van der Waals surface area contributed by atoms with Crippen molar-refractivity contribution in [1.29, 1.82) is 0 Å². The summed E-state index contributed by atoms with van der Waals surface area (Å²) in [7, 11) is 1.58. The molecule has 1 aromatic heterocycles. The van der Waals surface area contributed by atoms with Crippen molar-refractivity contribution in [1.82, 2.24) is 5.02 Å². The second-order valence-electron chi connectivity index (χ2n) is 2.12. The maximum atomic E-state index is 10.5. The monoisotopic (exact) mass is 172 g/mol. The summed E-state index contributed by atoms with van der Waals surface area (Å²) in [6.07, 6.45) is 1.57. The summed E-state index contributed by atoms with van der Waals surface area (Å²) >= 11 is 0. The summed E-state index contributed by atoms with van der Waals surface area (Å²) < 4.78 is 8.78. The highest BCUT2D eigenvalue weighted by atomic mass is 16.8. The van der Waals surface area contributed by atoms with Gasteiger partial charge in [-0.05, 0) is 0 Å². The van der Waals surface area contributed by atoms with Crippen LogP contribution in [0.4, 0.5) is 0 Å². The summed E-state index contributed by atoms with van der Waals surface area (Å²) in [4.78, 5) is 21.0. The number of rotatable bonds is 3. The average Bonchev–Trinajstić information content (AvgIpc) is 2.33. The quantitative estimate of drug-likeness (QED) is 0.438. The van der Waals surface area contributed by atoms with Crippen LogP contribution in [0.1, 0.15) is 0 Å². The van der Waals surface area contributed by atoms with Crippen molar-refractivity contribution >= 4 is 0 Å². The molecule has 0 aliphatic rings. The van der Waals surface area contributed by atoms with Crippen molar-refractivity contribution in [3.63, 3.8) is 0 Å². The molecular formula is C6H8N2O4. The van der Waals surface area contributed by atoms with Crippen molar-refractivity contribution in [2.45, 2.75) is 0 Å². The van der Waals surface area contributed by atoms with Gasteiger partial charge in [-0.3, -0.25) is 14.1 Å². The van der Waals surface area contributed by atoms with E-state index in [1.54, 1.807) is 13.1 Å². The summed E-state index contributed by atoms with van der Waals surface area (Å²) in [6, 6.07) is 0. The Morgan fingerprint density at radius 3 is 2.42 bits per heavy atom. The molecule has 12 heavy (non-hydrogen) atoms. The Morgan fingerprint density at radius 1 is 1.50 bits per heavy atom. The third-order valence-electron chi connectivity index (χ3n) is 1.16. The Kier molecular flexibility index (Phi) is 2.18. The Balaban J connectivity index is 2.96. The zero-order valence-corrected chi connectivity index (χ0v) is 6.52. The normalized spacial score (nSPS) is 9.75. The smallest absolute Gasteiger partial charge is 0.279 e. The van der Waals surface area contributed by atoms with Gasteiger partial charge in [0.2, 0.25) is 0 Å². The maximum Gasteiger partial charge on any atom is 0.448 e. The lowest BCUT2D eigenvalue weighted by molar-refractivity contribution is 0.0757. The summed E-state index contributed by atoms with van der Waals surface area (Å²) in [5.41, 5.74) is -2.04. The van der Waals surface area contributed by atoms with Gasteiger partial charge in [0.05, 0.1) is 6.54 Å². The molecule has 1 rings (SSSR count). The van der Waals surface area contributed by atoms with Crippen LogP contribution >= 0.6 is 0 Å². The lowest BCUT2D eigenvalue weighted by Gasteiger charge is -2.10. The van der Waals surface area contributed by atoms with Crippen LogP contribution in [0.2, 0.25) is 0 Å². The fourth-order valence-electron chi connectivity index (χ4n) is 0.628. The summed E-state index contributed by atoms with van der Waals surface area (Å²) in [5, 5.41) is 2.09. The van der Waals surface area contributed by atoms with Gasteiger partial charge in [-0.2, -0.15) is 0 Å². The van der Waals surface area contributed by atoms with Crippen molar-refractivity contribution < 1.29 is 9.05 Å². The molecular weight excluding hydrogens is 164 g/mol. The molecule has 6 heteroatoms.